The van der Waals surface area contributed by atoms with E-state index in [0.717, 1.165) is 22.9 Å². The van der Waals surface area contributed by atoms with E-state index < -0.39 is 6.61 Å². The molecule has 0 fully saturated rings. The molecule has 0 heterocycles. The first-order chi connectivity index (χ1) is 16.1. The topological polar surface area (TPSA) is 9.23 Å². The fourth-order valence-electron chi connectivity index (χ4n) is 4.15. The zero-order valence-electron chi connectivity index (χ0n) is 18.9. The smallest absolute Gasteiger partial charge is 0.387 e. The first kappa shape index (κ1) is 22.8. The largest absolute Gasteiger partial charge is 0.435 e. The van der Waals surface area contributed by atoms with Gasteiger partial charge in [-0.1, -0.05) is 80.8 Å². The third kappa shape index (κ3) is 6.11. The molecular weight excluding hydrogens is 414 g/mol. The molecule has 1 nitrogen and oxygen atoms in total. The van der Waals surface area contributed by atoms with Crippen LogP contribution in [0.2, 0.25) is 0 Å². The molecule has 0 atom stereocenters. The molecule has 4 rings (SSSR count). The fraction of sp³-hybridized carbons (Fsp3) is 0.267. The van der Waals surface area contributed by atoms with E-state index in [1.807, 2.05) is 6.07 Å². The second-order valence-electron chi connectivity index (χ2n) is 8.37. The number of hydrogen-bond donors (Lipinski definition) is 0. The quantitative estimate of drug-likeness (QED) is 0.151. The predicted octanol–water partition coefficient (Wildman–Crippen LogP) is 8.51. The van der Waals surface area contributed by atoms with Crippen LogP contribution < -0.4 is 4.74 Å². The lowest BCUT2D eigenvalue weighted by Gasteiger charge is -2.08. The number of ether oxygens (including phenoxy) is 1. The van der Waals surface area contributed by atoms with Crippen LogP contribution in [0.4, 0.5) is 8.78 Å². The van der Waals surface area contributed by atoms with Crippen molar-refractivity contribution in [1.82, 2.24) is 0 Å². The van der Waals surface area contributed by atoms with Gasteiger partial charge in [0.2, 0.25) is 0 Å². The summed E-state index contributed by atoms with van der Waals surface area (Å²) in [6.45, 7) is -0.573. The van der Waals surface area contributed by atoms with Gasteiger partial charge in [0.15, 0.2) is 0 Å². The molecule has 33 heavy (non-hydrogen) atoms. The molecule has 0 bridgehead atoms. The summed E-state index contributed by atoms with van der Waals surface area (Å²) in [6.07, 6.45) is 7.64. The van der Waals surface area contributed by atoms with Gasteiger partial charge in [0.05, 0.1) is 0 Å². The summed E-state index contributed by atoms with van der Waals surface area (Å²) in [6, 6.07) is 23.8. The number of halogens is 2. The summed E-state index contributed by atoms with van der Waals surface area (Å²) in [5.74, 6) is 6.39. The van der Waals surface area contributed by atoms with Gasteiger partial charge in [-0.2, -0.15) is 8.78 Å². The van der Waals surface area contributed by atoms with E-state index in [9.17, 15) is 8.78 Å². The van der Waals surface area contributed by atoms with Gasteiger partial charge in [0.1, 0.15) is 5.75 Å². The van der Waals surface area contributed by atoms with Crippen LogP contribution in [0.15, 0.2) is 72.8 Å². The molecular formula is C30H28F2O. The SMILES string of the molecule is CCCCCCCc1ccc2c(ccc3cc(C#Cc4ccc(OC(F)F)cc4)ccc32)c1. The number of unbranched alkanes of at least 4 members (excludes halogenated alkanes) is 4. The Labute approximate surface area is 194 Å². The molecule has 0 saturated heterocycles. The minimum Gasteiger partial charge on any atom is -0.435 e. The van der Waals surface area contributed by atoms with Crippen molar-refractivity contribution in [2.24, 2.45) is 0 Å². The first-order valence-corrected chi connectivity index (χ1v) is 11.6. The van der Waals surface area contributed by atoms with Crippen molar-refractivity contribution >= 4 is 21.5 Å². The summed E-state index contributed by atoms with van der Waals surface area (Å²) >= 11 is 0. The van der Waals surface area contributed by atoms with Crippen LogP contribution in [-0.2, 0) is 6.42 Å². The summed E-state index contributed by atoms with van der Waals surface area (Å²) in [4.78, 5) is 0. The molecule has 4 aromatic rings. The first-order valence-electron chi connectivity index (χ1n) is 11.6. The second kappa shape index (κ2) is 11.0. The summed E-state index contributed by atoms with van der Waals surface area (Å²) in [5.41, 5.74) is 3.07. The average Bonchev–Trinajstić information content (AvgIpc) is 2.82. The number of hydrogen-bond acceptors (Lipinski definition) is 1. The van der Waals surface area contributed by atoms with E-state index in [1.54, 1.807) is 12.1 Å². The van der Waals surface area contributed by atoms with Crippen molar-refractivity contribution in [1.29, 1.82) is 0 Å². The van der Waals surface area contributed by atoms with Crippen molar-refractivity contribution in [3.8, 4) is 17.6 Å². The van der Waals surface area contributed by atoms with Crippen LogP contribution in [-0.4, -0.2) is 6.61 Å². The molecule has 0 N–H and O–H groups in total. The van der Waals surface area contributed by atoms with Gasteiger partial charge in [-0.05, 0) is 76.3 Å². The molecule has 0 aromatic heterocycles. The Kier molecular flexibility index (Phi) is 7.58. The normalized spacial score (nSPS) is 11.0. The lowest BCUT2D eigenvalue weighted by atomic mass is 9.97. The van der Waals surface area contributed by atoms with Crippen LogP contribution in [0.3, 0.4) is 0 Å². The standard InChI is InChI=1S/C30H28F2O/c1-2-3-4-5-6-7-23-12-18-28-25(20-23)14-15-26-21-24(13-19-29(26)28)9-8-22-10-16-27(17-11-22)33-30(31)32/h10-21,30H,2-7H2,1H3. The van der Waals surface area contributed by atoms with Crippen LogP contribution in [0.1, 0.15) is 55.7 Å². The van der Waals surface area contributed by atoms with Crippen molar-refractivity contribution in [2.75, 3.05) is 0 Å². The Hall–Kier alpha value is -3.38. The monoisotopic (exact) mass is 442 g/mol. The molecule has 3 heteroatoms. The van der Waals surface area contributed by atoms with Crippen LogP contribution in [0.25, 0.3) is 21.5 Å². The summed E-state index contributed by atoms with van der Waals surface area (Å²) < 4.78 is 28.9. The number of aryl methyl sites for hydroxylation is 1. The molecule has 0 spiro atoms. The fourth-order valence-corrected chi connectivity index (χ4v) is 4.15. The van der Waals surface area contributed by atoms with Crippen LogP contribution in [0, 0.1) is 11.8 Å². The summed E-state index contributed by atoms with van der Waals surface area (Å²) in [7, 11) is 0. The maximum Gasteiger partial charge on any atom is 0.387 e. The lowest BCUT2D eigenvalue weighted by Crippen LogP contribution is -2.01. The van der Waals surface area contributed by atoms with E-state index >= 15 is 0 Å². The lowest BCUT2D eigenvalue weighted by molar-refractivity contribution is -0.0498. The Balaban J connectivity index is 1.49. The number of fused-ring (bicyclic) bond motifs is 3. The van der Waals surface area contributed by atoms with Gasteiger partial charge in [0, 0.05) is 11.1 Å². The predicted molar refractivity (Wildman–Crippen MR) is 133 cm³/mol. The van der Waals surface area contributed by atoms with Gasteiger partial charge in [-0.15, -0.1) is 0 Å². The second-order valence-corrected chi connectivity index (χ2v) is 8.37. The zero-order chi connectivity index (χ0) is 23.0. The van der Waals surface area contributed by atoms with Crippen molar-refractivity contribution in [3.05, 3.63) is 89.5 Å². The van der Waals surface area contributed by atoms with E-state index in [0.29, 0.717) is 0 Å². The maximum absolute atomic E-state index is 12.3. The van der Waals surface area contributed by atoms with Crippen LogP contribution in [0.5, 0.6) is 5.75 Å². The minimum atomic E-state index is -2.82. The number of rotatable bonds is 8. The van der Waals surface area contributed by atoms with Gasteiger partial charge in [0.25, 0.3) is 0 Å². The van der Waals surface area contributed by atoms with Crippen molar-refractivity contribution < 1.29 is 13.5 Å². The Morgan fingerprint density at radius 1 is 0.697 bits per heavy atom. The number of benzene rings is 4. The molecule has 0 radical (unpaired) electrons. The maximum atomic E-state index is 12.3. The highest BCUT2D eigenvalue weighted by Crippen LogP contribution is 2.27. The van der Waals surface area contributed by atoms with Gasteiger partial charge < -0.3 is 4.74 Å². The summed E-state index contributed by atoms with van der Waals surface area (Å²) in [5, 5.41) is 4.92. The molecule has 4 aromatic carbocycles. The molecule has 0 aliphatic carbocycles. The van der Waals surface area contributed by atoms with E-state index in [1.165, 1.54) is 66.0 Å². The third-order valence-electron chi connectivity index (χ3n) is 5.90. The molecule has 0 amide bonds. The van der Waals surface area contributed by atoms with Crippen LogP contribution >= 0.6 is 0 Å². The van der Waals surface area contributed by atoms with E-state index in [2.05, 4.69) is 66.0 Å². The molecule has 0 saturated carbocycles. The Bertz CT molecular complexity index is 1280. The third-order valence-corrected chi connectivity index (χ3v) is 5.90. The minimum absolute atomic E-state index is 0.132. The van der Waals surface area contributed by atoms with Crippen molar-refractivity contribution in [2.45, 2.75) is 52.1 Å². The highest BCUT2D eigenvalue weighted by atomic mass is 19.3. The van der Waals surface area contributed by atoms with Gasteiger partial charge in [-0.3, -0.25) is 0 Å². The van der Waals surface area contributed by atoms with Crippen molar-refractivity contribution in [3.63, 3.8) is 0 Å². The highest BCUT2D eigenvalue weighted by molar-refractivity contribution is 6.07. The average molecular weight is 443 g/mol. The Morgan fingerprint density at radius 3 is 2.06 bits per heavy atom. The van der Waals surface area contributed by atoms with E-state index in [-0.39, 0.29) is 5.75 Å². The Morgan fingerprint density at radius 2 is 1.33 bits per heavy atom. The molecule has 168 valence electrons. The van der Waals surface area contributed by atoms with E-state index in [4.69, 9.17) is 0 Å². The number of alkyl halides is 2. The van der Waals surface area contributed by atoms with Gasteiger partial charge in [-0.25, -0.2) is 0 Å². The molecule has 0 unspecified atom stereocenters. The zero-order valence-corrected chi connectivity index (χ0v) is 18.9. The van der Waals surface area contributed by atoms with Gasteiger partial charge >= 0.3 is 6.61 Å². The highest BCUT2D eigenvalue weighted by Gasteiger charge is 2.04. The molecule has 0 aliphatic rings. The molecule has 0 aliphatic heterocycles.